The molecule has 0 bridgehead atoms. The predicted molar refractivity (Wildman–Crippen MR) is 44.7 cm³/mol. The number of epoxide rings is 1. The fourth-order valence-corrected chi connectivity index (χ4v) is 0.783. The molecule has 0 spiro atoms. The highest BCUT2D eigenvalue weighted by Crippen LogP contribution is 2.18. The number of ether oxygens (including phenoxy) is 2. The minimum atomic E-state index is -0.314. The Kier molecular flexibility index (Phi) is 3.29. The van der Waals surface area contributed by atoms with Crippen molar-refractivity contribution in [2.75, 3.05) is 13.2 Å². The Bertz CT molecular complexity index is 182. The van der Waals surface area contributed by atoms with Crippen molar-refractivity contribution in [3.63, 3.8) is 0 Å². The average Bonchev–Trinajstić information content (AvgIpc) is 2.86. The van der Waals surface area contributed by atoms with Crippen LogP contribution in [0.2, 0.25) is 0 Å². The average molecular weight is 170 g/mol. The molecular formula is C9H14O3. The van der Waals surface area contributed by atoms with Crippen LogP contribution in [0.4, 0.5) is 0 Å². The summed E-state index contributed by atoms with van der Waals surface area (Å²) in [5.41, 5.74) is 0.450. The Balaban J connectivity index is 2.14. The summed E-state index contributed by atoms with van der Waals surface area (Å²) in [6, 6.07) is 0. The van der Waals surface area contributed by atoms with Crippen LogP contribution in [0.25, 0.3) is 0 Å². The van der Waals surface area contributed by atoms with Gasteiger partial charge in [0.05, 0.1) is 18.8 Å². The fraction of sp³-hybridized carbons (Fsp3) is 0.667. The van der Waals surface area contributed by atoms with E-state index in [-0.39, 0.29) is 12.1 Å². The van der Waals surface area contributed by atoms with Gasteiger partial charge < -0.3 is 9.47 Å². The van der Waals surface area contributed by atoms with Gasteiger partial charge in [-0.2, -0.15) is 0 Å². The number of esters is 1. The van der Waals surface area contributed by atoms with E-state index in [1.54, 1.807) is 0 Å². The Labute approximate surface area is 72.4 Å². The van der Waals surface area contributed by atoms with Gasteiger partial charge in [-0.1, -0.05) is 19.9 Å². The molecule has 12 heavy (non-hydrogen) atoms. The lowest BCUT2D eigenvalue weighted by Crippen LogP contribution is -2.11. The van der Waals surface area contributed by atoms with Crippen molar-refractivity contribution in [2.24, 2.45) is 0 Å². The molecule has 0 aromatic carbocycles. The lowest BCUT2D eigenvalue weighted by molar-refractivity contribution is -0.139. The van der Waals surface area contributed by atoms with Gasteiger partial charge in [-0.15, -0.1) is 0 Å². The van der Waals surface area contributed by atoms with Crippen LogP contribution in [0.3, 0.4) is 0 Å². The third kappa shape index (κ3) is 2.66. The van der Waals surface area contributed by atoms with Crippen LogP contribution >= 0.6 is 0 Å². The molecule has 0 aromatic rings. The number of hydrogen-bond acceptors (Lipinski definition) is 3. The van der Waals surface area contributed by atoms with Crippen LogP contribution in [0, 0.1) is 0 Å². The van der Waals surface area contributed by atoms with Gasteiger partial charge in [0.25, 0.3) is 0 Å². The molecule has 0 saturated carbocycles. The largest absolute Gasteiger partial charge is 0.462 e. The summed E-state index contributed by atoms with van der Waals surface area (Å²) in [7, 11) is 0. The maximum Gasteiger partial charge on any atom is 0.336 e. The molecule has 1 saturated heterocycles. The molecule has 0 aliphatic carbocycles. The standard InChI is InChI=1S/C9H14O3/c1-3-4-5-11-9(10)7(2)8-6-12-8/h8H,2-6H2,1H3. The van der Waals surface area contributed by atoms with Crippen molar-refractivity contribution in [2.45, 2.75) is 25.9 Å². The molecule has 0 radical (unpaired) electrons. The minimum Gasteiger partial charge on any atom is -0.462 e. The smallest absolute Gasteiger partial charge is 0.336 e. The minimum absolute atomic E-state index is 0.0703. The summed E-state index contributed by atoms with van der Waals surface area (Å²) in [4.78, 5) is 11.1. The molecule has 0 aromatic heterocycles. The first-order valence-electron chi connectivity index (χ1n) is 4.23. The quantitative estimate of drug-likeness (QED) is 0.270. The first-order chi connectivity index (χ1) is 5.75. The summed E-state index contributed by atoms with van der Waals surface area (Å²) in [6.07, 6.45) is 1.86. The van der Waals surface area contributed by atoms with Crippen LogP contribution in [0.5, 0.6) is 0 Å². The van der Waals surface area contributed by atoms with E-state index in [0.717, 1.165) is 12.8 Å². The zero-order valence-corrected chi connectivity index (χ0v) is 7.34. The number of rotatable bonds is 5. The molecule has 1 atom stereocenters. The highest BCUT2D eigenvalue weighted by atomic mass is 16.6. The summed E-state index contributed by atoms with van der Waals surface area (Å²) >= 11 is 0. The highest BCUT2D eigenvalue weighted by molar-refractivity contribution is 5.89. The van der Waals surface area contributed by atoms with E-state index in [0.29, 0.717) is 18.8 Å². The summed E-state index contributed by atoms with van der Waals surface area (Å²) in [5.74, 6) is -0.314. The topological polar surface area (TPSA) is 38.8 Å². The highest BCUT2D eigenvalue weighted by Gasteiger charge is 2.30. The predicted octanol–water partition coefficient (Wildman–Crippen LogP) is 1.28. The summed E-state index contributed by atoms with van der Waals surface area (Å²) in [5, 5.41) is 0. The van der Waals surface area contributed by atoms with Crippen molar-refractivity contribution < 1.29 is 14.3 Å². The molecule has 3 heteroatoms. The van der Waals surface area contributed by atoms with E-state index >= 15 is 0 Å². The Morgan fingerprint density at radius 2 is 2.42 bits per heavy atom. The molecule has 0 amide bonds. The molecule has 3 nitrogen and oxygen atoms in total. The molecule has 0 N–H and O–H groups in total. The molecule has 1 fully saturated rings. The van der Waals surface area contributed by atoms with Crippen LogP contribution in [0.1, 0.15) is 19.8 Å². The molecule has 1 unspecified atom stereocenters. The van der Waals surface area contributed by atoms with Gasteiger partial charge in [-0.05, 0) is 6.42 Å². The van der Waals surface area contributed by atoms with E-state index in [1.165, 1.54) is 0 Å². The summed E-state index contributed by atoms with van der Waals surface area (Å²) < 4.78 is 9.82. The van der Waals surface area contributed by atoms with Gasteiger partial charge in [0.15, 0.2) is 0 Å². The first-order valence-corrected chi connectivity index (χ1v) is 4.23. The van der Waals surface area contributed by atoms with Crippen LogP contribution in [0.15, 0.2) is 12.2 Å². The van der Waals surface area contributed by atoms with Crippen LogP contribution in [-0.4, -0.2) is 25.3 Å². The van der Waals surface area contributed by atoms with E-state index in [1.807, 2.05) is 6.92 Å². The molecule has 68 valence electrons. The van der Waals surface area contributed by atoms with Gasteiger partial charge in [0, 0.05) is 0 Å². The number of hydrogen-bond donors (Lipinski definition) is 0. The van der Waals surface area contributed by atoms with Crippen molar-refractivity contribution in [3.05, 3.63) is 12.2 Å². The number of carbonyl (C=O) groups excluding carboxylic acids is 1. The number of carbonyl (C=O) groups is 1. The van der Waals surface area contributed by atoms with Crippen molar-refractivity contribution >= 4 is 5.97 Å². The number of unbranched alkanes of at least 4 members (excludes halogenated alkanes) is 1. The second kappa shape index (κ2) is 4.26. The van der Waals surface area contributed by atoms with Gasteiger partial charge in [0.1, 0.15) is 6.10 Å². The van der Waals surface area contributed by atoms with Crippen molar-refractivity contribution in [1.82, 2.24) is 0 Å². The second-order valence-corrected chi connectivity index (χ2v) is 2.84. The van der Waals surface area contributed by atoms with Crippen molar-refractivity contribution in [1.29, 1.82) is 0 Å². The van der Waals surface area contributed by atoms with Crippen LogP contribution < -0.4 is 0 Å². The molecule has 1 heterocycles. The lowest BCUT2D eigenvalue weighted by Gasteiger charge is -2.03. The second-order valence-electron chi connectivity index (χ2n) is 2.84. The normalized spacial score (nSPS) is 20.2. The van der Waals surface area contributed by atoms with Gasteiger partial charge in [0.2, 0.25) is 0 Å². The Morgan fingerprint density at radius 3 is 2.92 bits per heavy atom. The van der Waals surface area contributed by atoms with Gasteiger partial charge >= 0.3 is 5.97 Å². The third-order valence-corrected chi connectivity index (χ3v) is 1.72. The fourth-order valence-electron chi connectivity index (χ4n) is 0.783. The van der Waals surface area contributed by atoms with E-state index in [9.17, 15) is 4.79 Å². The van der Waals surface area contributed by atoms with Crippen LogP contribution in [-0.2, 0) is 14.3 Å². The van der Waals surface area contributed by atoms with Gasteiger partial charge in [-0.25, -0.2) is 4.79 Å². The zero-order chi connectivity index (χ0) is 8.97. The molecule has 1 aliphatic rings. The van der Waals surface area contributed by atoms with Gasteiger partial charge in [-0.3, -0.25) is 0 Å². The molecule has 1 rings (SSSR count). The monoisotopic (exact) mass is 170 g/mol. The first kappa shape index (κ1) is 9.26. The lowest BCUT2D eigenvalue weighted by atomic mass is 10.2. The molecular weight excluding hydrogens is 156 g/mol. The van der Waals surface area contributed by atoms with Crippen molar-refractivity contribution in [3.8, 4) is 0 Å². The molecule has 1 aliphatic heterocycles. The maximum absolute atomic E-state index is 11.1. The van der Waals surface area contributed by atoms with E-state index in [4.69, 9.17) is 9.47 Å². The Morgan fingerprint density at radius 1 is 1.75 bits per heavy atom. The Hall–Kier alpha value is -0.830. The maximum atomic E-state index is 11.1. The summed E-state index contributed by atoms with van der Waals surface area (Å²) in [6.45, 7) is 6.74. The van der Waals surface area contributed by atoms with E-state index in [2.05, 4.69) is 6.58 Å². The SMILES string of the molecule is C=C(C(=O)OCCCC)C1CO1. The van der Waals surface area contributed by atoms with E-state index < -0.39 is 0 Å². The third-order valence-electron chi connectivity index (χ3n) is 1.72. The zero-order valence-electron chi connectivity index (χ0n) is 7.34.